The van der Waals surface area contributed by atoms with Gasteiger partial charge in [0.1, 0.15) is 23.7 Å². The fraction of sp³-hybridized carbons (Fsp3) is 0.463. The number of ether oxygens (including phenoxy) is 2. The normalized spacial score (nSPS) is 18.1. The van der Waals surface area contributed by atoms with Gasteiger partial charge in [-0.05, 0) is 79.8 Å². The van der Waals surface area contributed by atoms with Crippen LogP contribution in [0.25, 0.3) is 22.3 Å². The first-order valence-corrected chi connectivity index (χ1v) is 18.9. The second-order valence-corrected chi connectivity index (χ2v) is 14.8. The van der Waals surface area contributed by atoms with Crippen LogP contribution in [0.3, 0.4) is 0 Å². The Morgan fingerprint density at radius 1 is 0.745 bits per heavy atom. The molecule has 2 aliphatic heterocycles. The predicted molar refractivity (Wildman–Crippen MR) is 206 cm³/mol. The SMILES string of the molecule is COC(=O)NC(C(=O)N1CCCCC1c1ncc(-c2ccc(C#Cc3ccc4nc(C5CCCN5C(=O)C(NC(=O)OC)C(C)C)[nH]c4c3)cc2)[nH]1)C(C)C. The molecular formula is C41H50N8O6. The maximum absolute atomic E-state index is 13.7. The first-order valence-electron chi connectivity index (χ1n) is 18.9. The predicted octanol–water partition coefficient (Wildman–Crippen LogP) is 5.83. The van der Waals surface area contributed by atoms with Crippen molar-refractivity contribution in [2.75, 3.05) is 27.3 Å². The van der Waals surface area contributed by atoms with E-state index >= 15 is 0 Å². The first kappa shape index (κ1) is 38.9. The van der Waals surface area contributed by atoms with Gasteiger partial charge < -0.3 is 39.9 Å². The Hall–Kier alpha value is -5.84. The van der Waals surface area contributed by atoms with Gasteiger partial charge in [-0.25, -0.2) is 19.6 Å². The fourth-order valence-corrected chi connectivity index (χ4v) is 7.35. The molecule has 14 nitrogen and oxygen atoms in total. The van der Waals surface area contributed by atoms with Gasteiger partial charge in [0.15, 0.2) is 0 Å². The van der Waals surface area contributed by atoms with Gasteiger partial charge >= 0.3 is 12.2 Å². The van der Waals surface area contributed by atoms with Crippen LogP contribution in [0, 0.1) is 23.7 Å². The van der Waals surface area contributed by atoms with E-state index in [2.05, 4.69) is 37.4 Å². The maximum Gasteiger partial charge on any atom is 0.407 e. The molecule has 4 unspecified atom stereocenters. The third-order valence-corrected chi connectivity index (χ3v) is 10.4. The van der Waals surface area contributed by atoms with Gasteiger partial charge in [0, 0.05) is 24.2 Å². The Bertz CT molecular complexity index is 2080. The summed E-state index contributed by atoms with van der Waals surface area (Å²) in [4.78, 5) is 71.1. The number of benzene rings is 2. The summed E-state index contributed by atoms with van der Waals surface area (Å²) in [6, 6.07) is 11.9. The number of alkyl carbamates (subject to hydrolysis) is 2. The van der Waals surface area contributed by atoms with Crippen LogP contribution >= 0.6 is 0 Å². The van der Waals surface area contributed by atoms with E-state index in [9.17, 15) is 19.2 Å². The minimum Gasteiger partial charge on any atom is -0.453 e. The van der Waals surface area contributed by atoms with Crippen molar-refractivity contribution in [2.24, 2.45) is 11.8 Å². The highest BCUT2D eigenvalue weighted by Gasteiger charge is 2.38. The summed E-state index contributed by atoms with van der Waals surface area (Å²) in [7, 11) is 2.57. The monoisotopic (exact) mass is 750 g/mol. The maximum atomic E-state index is 13.7. The lowest BCUT2D eigenvalue weighted by Crippen LogP contribution is -2.53. The van der Waals surface area contributed by atoms with E-state index in [1.165, 1.54) is 14.2 Å². The number of carbonyl (C=O) groups is 4. The highest BCUT2D eigenvalue weighted by atomic mass is 16.5. The summed E-state index contributed by atoms with van der Waals surface area (Å²) in [5, 5.41) is 5.39. The van der Waals surface area contributed by atoms with E-state index in [1.807, 2.05) is 75.1 Å². The van der Waals surface area contributed by atoms with Crippen LogP contribution in [0.5, 0.6) is 0 Å². The molecule has 4 heterocycles. The van der Waals surface area contributed by atoms with Crippen molar-refractivity contribution in [2.45, 2.75) is 84.0 Å². The third-order valence-electron chi connectivity index (χ3n) is 10.4. The summed E-state index contributed by atoms with van der Waals surface area (Å²) >= 11 is 0. The van der Waals surface area contributed by atoms with E-state index in [0.29, 0.717) is 24.7 Å². The minimum atomic E-state index is -0.697. The van der Waals surface area contributed by atoms with Crippen LogP contribution < -0.4 is 10.6 Å². The molecule has 0 saturated carbocycles. The molecule has 4 amide bonds. The van der Waals surface area contributed by atoms with Crippen molar-refractivity contribution in [3.63, 3.8) is 0 Å². The number of nitrogens with one attached hydrogen (secondary N) is 4. The Labute approximate surface area is 321 Å². The van der Waals surface area contributed by atoms with Gasteiger partial charge in [0.25, 0.3) is 0 Å². The summed E-state index contributed by atoms with van der Waals surface area (Å²) in [6.45, 7) is 8.76. The molecule has 55 heavy (non-hydrogen) atoms. The van der Waals surface area contributed by atoms with Crippen LogP contribution in [0.2, 0.25) is 0 Å². The van der Waals surface area contributed by atoms with Gasteiger partial charge in [-0.15, -0.1) is 0 Å². The number of hydrogen-bond donors (Lipinski definition) is 4. The molecule has 14 heteroatoms. The quantitative estimate of drug-likeness (QED) is 0.155. The van der Waals surface area contributed by atoms with Crippen molar-refractivity contribution >= 4 is 35.0 Å². The molecule has 2 aromatic heterocycles. The van der Waals surface area contributed by atoms with Crippen LogP contribution in [0.1, 0.15) is 94.7 Å². The van der Waals surface area contributed by atoms with Crippen LogP contribution in [0.4, 0.5) is 9.59 Å². The van der Waals surface area contributed by atoms with Gasteiger partial charge in [-0.3, -0.25) is 9.59 Å². The van der Waals surface area contributed by atoms with Gasteiger partial charge in [-0.2, -0.15) is 0 Å². The lowest BCUT2D eigenvalue weighted by molar-refractivity contribution is -0.138. The molecule has 0 aliphatic carbocycles. The Kier molecular flexibility index (Phi) is 12.1. The van der Waals surface area contributed by atoms with Gasteiger partial charge in [-0.1, -0.05) is 51.7 Å². The van der Waals surface area contributed by atoms with Crippen LogP contribution in [0.15, 0.2) is 48.7 Å². The zero-order valence-electron chi connectivity index (χ0n) is 32.3. The van der Waals surface area contributed by atoms with Crippen molar-refractivity contribution in [1.29, 1.82) is 0 Å². The molecule has 4 N–H and O–H groups in total. The number of H-pyrrole nitrogens is 2. The second kappa shape index (κ2) is 17.1. The van der Waals surface area contributed by atoms with E-state index in [-0.39, 0.29) is 35.7 Å². The molecule has 4 aromatic rings. The minimum absolute atomic E-state index is 0.112. The summed E-state index contributed by atoms with van der Waals surface area (Å²) < 4.78 is 9.52. The molecule has 2 aliphatic rings. The highest BCUT2D eigenvalue weighted by Crippen LogP contribution is 2.34. The molecule has 0 radical (unpaired) electrons. The number of imidazole rings is 2. The Morgan fingerprint density at radius 3 is 1.93 bits per heavy atom. The molecule has 6 rings (SSSR count). The van der Waals surface area contributed by atoms with E-state index in [1.54, 1.807) is 11.1 Å². The summed E-state index contributed by atoms with van der Waals surface area (Å²) in [5.74, 6) is 7.42. The molecule has 2 fully saturated rings. The fourth-order valence-electron chi connectivity index (χ4n) is 7.35. The average Bonchev–Trinajstić information content (AvgIpc) is 3.98. The zero-order valence-corrected chi connectivity index (χ0v) is 32.3. The Morgan fingerprint density at radius 2 is 1.31 bits per heavy atom. The van der Waals surface area contributed by atoms with Crippen LogP contribution in [-0.2, 0) is 19.1 Å². The molecule has 2 aromatic carbocycles. The summed E-state index contributed by atoms with van der Waals surface area (Å²) in [5.41, 5.74) is 5.06. The number of hydrogen-bond acceptors (Lipinski definition) is 8. The van der Waals surface area contributed by atoms with Gasteiger partial charge in [0.2, 0.25) is 11.8 Å². The molecule has 0 bridgehead atoms. The number of nitrogens with zero attached hydrogens (tertiary/aromatic N) is 4. The number of piperidine rings is 1. The largest absolute Gasteiger partial charge is 0.453 e. The number of likely N-dealkylation sites (tertiary alicyclic amines) is 2. The third kappa shape index (κ3) is 8.77. The second-order valence-electron chi connectivity index (χ2n) is 14.8. The molecule has 0 spiro atoms. The molecule has 290 valence electrons. The number of amides is 4. The Balaban J connectivity index is 1.13. The number of fused-ring (bicyclic) bond motifs is 1. The number of carbonyl (C=O) groups excluding carboxylic acids is 4. The number of aromatic nitrogens is 4. The summed E-state index contributed by atoms with van der Waals surface area (Å²) in [6.07, 6.45) is 4.77. The number of methoxy groups -OCH3 is 2. The topological polar surface area (TPSA) is 175 Å². The van der Waals surface area contributed by atoms with Crippen LogP contribution in [-0.4, -0.2) is 93.1 Å². The smallest absolute Gasteiger partial charge is 0.407 e. The highest BCUT2D eigenvalue weighted by molar-refractivity contribution is 5.87. The standard InChI is InChI=1S/C41H50N8O6/c1-24(2)34(46-40(52)54-5)38(50)48-20-8-7-10-32(48)36-42-23-31(45-36)28-17-14-26(15-18-28)12-13-27-16-19-29-30(22-27)44-37(43-29)33-11-9-21-49(33)39(51)35(25(3)4)47-41(53)55-6/h14-19,22-25,32-35H,7-11,20-21H2,1-6H3,(H,42,45)(H,43,44)(H,46,52)(H,47,53). The van der Waals surface area contributed by atoms with Crippen molar-refractivity contribution in [3.05, 3.63) is 71.4 Å². The first-order chi connectivity index (χ1) is 26.5. The number of rotatable bonds is 9. The van der Waals surface area contributed by atoms with Gasteiger partial charge in [0.05, 0.1) is 49.2 Å². The van der Waals surface area contributed by atoms with Crippen molar-refractivity contribution < 1.29 is 28.7 Å². The van der Waals surface area contributed by atoms with Crippen molar-refractivity contribution in [3.8, 4) is 23.1 Å². The number of aromatic amines is 2. The van der Waals surface area contributed by atoms with Crippen molar-refractivity contribution in [1.82, 2.24) is 40.4 Å². The molecule has 2 saturated heterocycles. The molecular weight excluding hydrogens is 701 g/mol. The van der Waals surface area contributed by atoms with E-state index < -0.39 is 24.3 Å². The average molecular weight is 751 g/mol. The zero-order chi connectivity index (χ0) is 39.2. The van der Waals surface area contributed by atoms with E-state index in [0.717, 1.165) is 65.5 Å². The molecule has 4 atom stereocenters. The lowest BCUT2D eigenvalue weighted by atomic mass is 9.97. The van der Waals surface area contributed by atoms with E-state index in [4.69, 9.17) is 14.5 Å². The lowest BCUT2D eigenvalue weighted by Gasteiger charge is -2.37.